The normalized spacial score (nSPS) is 27.0. The van der Waals surface area contributed by atoms with Gasteiger partial charge in [0.25, 0.3) is 0 Å². The standard InChI is InChI=1S/C16H15NO2.ClH/c18-15(19)17-9-14-8-16(14,10-17)13-6-5-11-3-1-2-4-12(11)7-13;/h1-7,14H,8-10H2,(H,18,19);1H/t14-,16+;/m1./s1. The predicted octanol–water partition coefficient (Wildman–Crippen LogP) is 3.51. The van der Waals surface area contributed by atoms with Crippen molar-refractivity contribution in [2.75, 3.05) is 13.1 Å². The number of carbonyl (C=O) groups is 1. The fourth-order valence-corrected chi connectivity index (χ4v) is 3.57. The van der Waals surface area contributed by atoms with Crippen LogP contribution in [0.15, 0.2) is 42.5 Å². The number of piperidine rings is 1. The second kappa shape index (κ2) is 4.38. The highest BCUT2D eigenvalue weighted by Crippen LogP contribution is 2.59. The number of rotatable bonds is 1. The van der Waals surface area contributed by atoms with E-state index in [1.165, 1.54) is 16.3 Å². The van der Waals surface area contributed by atoms with E-state index in [0.29, 0.717) is 19.0 Å². The third kappa shape index (κ3) is 1.77. The molecule has 0 radical (unpaired) electrons. The largest absolute Gasteiger partial charge is 0.465 e. The van der Waals surface area contributed by atoms with E-state index in [2.05, 4.69) is 30.3 Å². The summed E-state index contributed by atoms with van der Waals surface area (Å²) in [7, 11) is 0. The van der Waals surface area contributed by atoms with Gasteiger partial charge in [-0.2, -0.15) is 0 Å². The molecule has 0 spiro atoms. The van der Waals surface area contributed by atoms with Crippen molar-refractivity contribution in [2.24, 2.45) is 5.92 Å². The molecular formula is C16H16ClNO2. The van der Waals surface area contributed by atoms with Gasteiger partial charge in [0.05, 0.1) is 0 Å². The summed E-state index contributed by atoms with van der Waals surface area (Å²) in [5.74, 6) is 0.518. The van der Waals surface area contributed by atoms with E-state index in [0.717, 1.165) is 6.42 Å². The molecule has 4 heteroatoms. The lowest BCUT2D eigenvalue weighted by atomic mass is 9.93. The zero-order chi connectivity index (χ0) is 13.0. The summed E-state index contributed by atoms with van der Waals surface area (Å²) in [5.41, 5.74) is 1.41. The summed E-state index contributed by atoms with van der Waals surface area (Å²) in [6.07, 6.45) is 0.349. The maximum Gasteiger partial charge on any atom is 0.407 e. The number of hydrogen-bond acceptors (Lipinski definition) is 1. The first-order valence-electron chi connectivity index (χ1n) is 6.66. The fraction of sp³-hybridized carbons (Fsp3) is 0.312. The molecular weight excluding hydrogens is 274 g/mol. The van der Waals surface area contributed by atoms with Crippen LogP contribution in [0.3, 0.4) is 0 Å². The number of likely N-dealkylation sites (tertiary alicyclic amines) is 1. The number of amides is 1. The van der Waals surface area contributed by atoms with E-state index >= 15 is 0 Å². The monoisotopic (exact) mass is 289 g/mol. The Balaban J connectivity index is 0.00000121. The van der Waals surface area contributed by atoms with E-state index in [1.807, 2.05) is 12.1 Å². The lowest BCUT2D eigenvalue weighted by Gasteiger charge is -2.18. The van der Waals surface area contributed by atoms with E-state index < -0.39 is 6.09 Å². The Morgan fingerprint density at radius 1 is 1.20 bits per heavy atom. The number of hydrogen-bond donors (Lipinski definition) is 1. The Morgan fingerprint density at radius 3 is 2.65 bits per heavy atom. The highest BCUT2D eigenvalue weighted by atomic mass is 35.5. The van der Waals surface area contributed by atoms with Crippen molar-refractivity contribution in [1.29, 1.82) is 0 Å². The van der Waals surface area contributed by atoms with E-state index in [1.54, 1.807) is 4.90 Å². The Hall–Kier alpha value is -1.74. The SMILES string of the molecule is Cl.O=C(O)N1C[C@H]2C[C@@]2(c2ccc3ccccc3c2)C1. The maximum absolute atomic E-state index is 11.1. The molecule has 20 heavy (non-hydrogen) atoms. The van der Waals surface area contributed by atoms with Crippen molar-refractivity contribution in [3.63, 3.8) is 0 Å². The fourth-order valence-electron chi connectivity index (χ4n) is 3.57. The number of nitrogens with zero attached hydrogens (tertiary/aromatic N) is 1. The first-order valence-corrected chi connectivity index (χ1v) is 6.66. The summed E-state index contributed by atoms with van der Waals surface area (Å²) in [6.45, 7) is 1.35. The van der Waals surface area contributed by atoms with Gasteiger partial charge in [0.1, 0.15) is 0 Å². The van der Waals surface area contributed by atoms with Crippen LogP contribution in [0.2, 0.25) is 0 Å². The molecule has 1 N–H and O–H groups in total. The van der Waals surface area contributed by atoms with Gasteiger partial charge >= 0.3 is 6.09 Å². The molecule has 1 heterocycles. The molecule has 104 valence electrons. The van der Waals surface area contributed by atoms with Gasteiger partial charge in [0, 0.05) is 18.5 Å². The van der Waals surface area contributed by atoms with Crippen molar-refractivity contribution in [3.8, 4) is 0 Å². The zero-order valence-electron chi connectivity index (χ0n) is 11.0. The minimum Gasteiger partial charge on any atom is -0.465 e. The smallest absolute Gasteiger partial charge is 0.407 e. The molecule has 0 bridgehead atoms. The minimum absolute atomic E-state index is 0. The summed E-state index contributed by atoms with van der Waals surface area (Å²) < 4.78 is 0. The van der Waals surface area contributed by atoms with E-state index in [4.69, 9.17) is 5.11 Å². The minimum atomic E-state index is -0.785. The van der Waals surface area contributed by atoms with Crippen LogP contribution in [-0.2, 0) is 5.41 Å². The highest BCUT2D eigenvalue weighted by molar-refractivity contribution is 5.85. The third-order valence-corrected chi connectivity index (χ3v) is 4.74. The van der Waals surface area contributed by atoms with Gasteiger partial charge < -0.3 is 10.0 Å². The molecule has 0 unspecified atom stereocenters. The lowest BCUT2D eigenvalue weighted by Crippen LogP contribution is -2.31. The van der Waals surface area contributed by atoms with Gasteiger partial charge in [-0.3, -0.25) is 0 Å². The van der Waals surface area contributed by atoms with Gasteiger partial charge in [-0.15, -0.1) is 12.4 Å². The molecule has 1 saturated carbocycles. The number of fused-ring (bicyclic) bond motifs is 2. The van der Waals surface area contributed by atoms with Crippen molar-refractivity contribution in [1.82, 2.24) is 4.90 Å². The number of benzene rings is 2. The number of halogens is 1. The average molecular weight is 290 g/mol. The molecule has 1 saturated heterocycles. The van der Waals surface area contributed by atoms with Crippen LogP contribution < -0.4 is 0 Å². The Bertz CT molecular complexity index is 687. The van der Waals surface area contributed by atoms with Crippen molar-refractivity contribution in [2.45, 2.75) is 11.8 Å². The molecule has 1 aliphatic heterocycles. The van der Waals surface area contributed by atoms with Crippen LogP contribution in [0.1, 0.15) is 12.0 Å². The van der Waals surface area contributed by atoms with Crippen LogP contribution in [-0.4, -0.2) is 29.2 Å². The Kier molecular flexibility index (Phi) is 2.91. The molecule has 2 atom stereocenters. The van der Waals surface area contributed by atoms with Gasteiger partial charge in [-0.05, 0) is 28.7 Å². The van der Waals surface area contributed by atoms with Crippen LogP contribution in [0.25, 0.3) is 10.8 Å². The summed E-state index contributed by atoms with van der Waals surface area (Å²) >= 11 is 0. The summed E-state index contributed by atoms with van der Waals surface area (Å²) in [6, 6.07) is 14.9. The van der Waals surface area contributed by atoms with Crippen LogP contribution >= 0.6 is 12.4 Å². The quantitative estimate of drug-likeness (QED) is 0.873. The Labute approximate surface area is 123 Å². The second-order valence-corrected chi connectivity index (χ2v) is 5.78. The predicted molar refractivity (Wildman–Crippen MR) is 80.6 cm³/mol. The van der Waals surface area contributed by atoms with E-state index in [9.17, 15) is 4.79 Å². The first-order chi connectivity index (χ1) is 9.19. The molecule has 1 amide bonds. The van der Waals surface area contributed by atoms with Gasteiger partial charge in [0.15, 0.2) is 0 Å². The van der Waals surface area contributed by atoms with Crippen LogP contribution in [0, 0.1) is 5.92 Å². The van der Waals surface area contributed by atoms with Crippen molar-refractivity contribution in [3.05, 3.63) is 48.0 Å². The molecule has 4 rings (SSSR count). The Morgan fingerprint density at radius 2 is 1.95 bits per heavy atom. The second-order valence-electron chi connectivity index (χ2n) is 5.78. The van der Waals surface area contributed by atoms with Gasteiger partial charge in [-0.25, -0.2) is 4.79 Å². The molecule has 2 aliphatic rings. The number of carboxylic acid groups (broad SMARTS) is 1. The van der Waals surface area contributed by atoms with Crippen LogP contribution in [0.5, 0.6) is 0 Å². The maximum atomic E-state index is 11.1. The molecule has 2 aromatic rings. The van der Waals surface area contributed by atoms with E-state index in [-0.39, 0.29) is 17.8 Å². The van der Waals surface area contributed by atoms with Crippen molar-refractivity contribution >= 4 is 29.3 Å². The summed E-state index contributed by atoms with van der Waals surface area (Å²) in [5, 5.41) is 11.6. The van der Waals surface area contributed by atoms with Gasteiger partial charge in [-0.1, -0.05) is 42.5 Å². The van der Waals surface area contributed by atoms with Crippen molar-refractivity contribution < 1.29 is 9.90 Å². The topological polar surface area (TPSA) is 40.5 Å². The first kappa shape index (κ1) is 13.3. The zero-order valence-corrected chi connectivity index (χ0v) is 11.8. The molecule has 1 aliphatic carbocycles. The highest BCUT2D eigenvalue weighted by Gasteiger charge is 2.61. The van der Waals surface area contributed by atoms with Gasteiger partial charge in [0.2, 0.25) is 0 Å². The third-order valence-electron chi connectivity index (χ3n) is 4.74. The molecule has 3 nitrogen and oxygen atoms in total. The van der Waals surface area contributed by atoms with Crippen LogP contribution in [0.4, 0.5) is 4.79 Å². The molecule has 0 aromatic heterocycles. The average Bonchev–Trinajstić information content (AvgIpc) is 3.00. The summed E-state index contributed by atoms with van der Waals surface area (Å²) in [4.78, 5) is 12.6. The lowest BCUT2D eigenvalue weighted by molar-refractivity contribution is 0.150. The molecule has 2 aromatic carbocycles. The molecule has 2 fully saturated rings.